The molecule has 0 bridgehead atoms. The van der Waals surface area contributed by atoms with E-state index in [0.717, 1.165) is 0 Å². The normalized spacial score (nSPS) is 43.2. The van der Waals surface area contributed by atoms with Gasteiger partial charge in [-0.3, -0.25) is 0 Å². The van der Waals surface area contributed by atoms with Gasteiger partial charge in [-0.15, -0.1) is 0 Å². The van der Waals surface area contributed by atoms with Crippen molar-refractivity contribution in [2.45, 2.75) is 36.9 Å². The van der Waals surface area contributed by atoms with E-state index in [9.17, 15) is 15.3 Å². The Labute approximate surface area is 81.0 Å². The van der Waals surface area contributed by atoms with E-state index >= 15 is 0 Å². The number of nitrogens with zero attached hydrogens (tertiary/aromatic N) is 1. The molecule has 80 valence electrons. The highest BCUT2D eigenvalue weighted by molar-refractivity contribution is 4.92. The Balaban J connectivity index is 2.72. The molecule has 0 radical (unpaired) electrons. The van der Waals surface area contributed by atoms with Crippen molar-refractivity contribution in [2.24, 2.45) is 0 Å². The van der Waals surface area contributed by atoms with Gasteiger partial charge in [-0.2, -0.15) is 5.26 Å². The first-order chi connectivity index (χ1) is 6.53. The van der Waals surface area contributed by atoms with E-state index in [2.05, 4.69) is 0 Å². The molecule has 0 amide bonds. The number of aliphatic hydroxyl groups excluding tert-OH is 3. The molecule has 1 aliphatic heterocycles. The lowest BCUT2D eigenvalue weighted by Gasteiger charge is -2.41. The minimum absolute atomic E-state index is 0.00785. The third-order valence-electron chi connectivity index (χ3n) is 2.25. The third-order valence-corrected chi connectivity index (χ3v) is 2.25. The summed E-state index contributed by atoms with van der Waals surface area (Å²) in [7, 11) is 0. The van der Waals surface area contributed by atoms with Crippen LogP contribution in [0.4, 0.5) is 0 Å². The van der Waals surface area contributed by atoms with Gasteiger partial charge in [-0.25, -0.2) is 0 Å². The second kappa shape index (κ2) is 4.21. The van der Waals surface area contributed by atoms with Crippen molar-refractivity contribution < 1.29 is 25.2 Å². The van der Waals surface area contributed by atoms with Crippen LogP contribution in [-0.4, -0.2) is 51.1 Å². The van der Waals surface area contributed by atoms with Gasteiger partial charge in [0.1, 0.15) is 6.10 Å². The molecule has 0 aromatic rings. The standard InChI is InChI=1S/C8H13NO5/c9-2-1-5-3-6(11)7(12)8(13,4-10)14-5/h5-7,10-13H,1,3-4H2/t5-,6-,7+,8+/m1/s1. The van der Waals surface area contributed by atoms with E-state index in [1.165, 1.54) is 0 Å². The Morgan fingerprint density at radius 1 is 1.50 bits per heavy atom. The first-order valence-electron chi connectivity index (χ1n) is 4.27. The quantitative estimate of drug-likeness (QED) is 0.416. The number of rotatable bonds is 2. The first kappa shape index (κ1) is 11.4. The van der Waals surface area contributed by atoms with Crippen molar-refractivity contribution in [3.63, 3.8) is 0 Å². The van der Waals surface area contributed by atoms with E-state index in [4.69, 9.17) is 15.1 Å². The molecule has 0 aliphatic carbocycles. The van der Waals surface area contributed by atoms with Crippen LogP contribution in [0.3, 0.4) is 0 Å². The zero-order chi connectivity index (χ0) is 10.8. The van der Waals surface area contributed by atoms with Crippen LogP contribution in [0.15, 0.2) is 0 Å². The largest absolute Gasteiger partial charge is 0.391 e. The smallest absolute Gasteiger partial charge is 0.218 e. The van der Waals surface area contributed by atoms with Gasteiger partial charge >= 0.3 is 0 Å². The fraction of sp³-hybridized carbons (Fsp3) is 0.875. The lowest BCUT2D eigenvalue weighted by Crippen LogP contribution is -2.59. The van der Waals surface area contributed by atoms with Crippen LogP contribution in [0, 0.1) is 11.3 Å². The summed E-state index contributed by atoms with van der Waals surface area (Å²) >= 11 is 0. The van der Waals surface area contributed by atoms with Gasteiger partial charge in [0.25, 0.3) is 0 Å². The fourth-order valence-corrected chi connectivity index (χ4v) is 1.46. The zero-order valence-electron chi connectivity index (χ0n) is 7.50. The number of nitriles is 1. The molecule has 4 atom stereocenters. The number of aliphatic hydroxyl groups is 4. The maximum atomic E-state index is 9.52. The second-order valence-corrected chi connectivity index (χ2v) is 3.35. The number of hydrogen-bond donors (Lipinski definition) is 4. The molecule has 0 aromatic heterocycles. The minimum Gasteiger partial charge on any atom is -0.391 e. The summed E-state index contributed by atoms with van der Waals surface area (Å²) in [5, 5.41) is 45.4. The number of hydrogen-bond acceptors (Lipinski definition) is 6. The summed E-state index contributed by atoms with van der Waals surface area (Å²) in [5.74, 6) is -2.17. The summed E-state index contributed by atoms with van der Waals surface area (Å²) < 4.78 is 4.92. The minimum atomic E-state index is -2.17. The van der Waals surface area contributed by atoms with E-state index in [-0.39, 0.29) is 12.8 Å². The lowest BCUT2D eigenvalue weighted by molar-refractivity contribution is -0.331. The SMILES string of the molecule is N#CC[C@@H]1C[C@@H](O)[C@H](O)[C@](O)(CO)O1. The molecule has 0 spiro atoms. The van der Waals surface area contributed by atoms with Gasteiger partial charge in [0.15, 0.2) is 0 Å². The van der Waals surface area contributed by atoms with Crippen LogP contribution >= 0.6 is 0 Å². The molecule has 1 fully saturated rings. The van der Waals surface area contributed by atoms with Crippen molar-refractivity contribution in [3.05, 3.63) is 0 Å². The lowest BCUT2D eigenvalue weighted by atomic mass is 9.94. The molecule has 4 N–H and O–H groups in total. The van der Waals surface area contributed by atoms with Crippen molar-refractivity contribution >= 4 is 0 Å². The van der Waals surface area contributed by atoms with Gasteiger partial charge < -0.3 is 25.2 Å². The molecule has 14 heavy (non-hydrogen) atoms. The monoisotopic (exact) mass is 203 g/mol. The number of ether oxygens (including phenoxy) is 1. The fourth-order valence-electron chi connectivity index (χ4n) is 1.46. The molecular weight excluding hydrogens is 190 g/mol. The van der Waals surface area contributed by atoms with Gasteiger partial charge in [-0.1, -0.05) is 0 Å². The second-order valence-electron chi connectivity index (χ2n) is 3.35. The molecular formula is C8H13NO5. The van der Waals surface area contributed by atoms with Gasteiger partial charge in [0, 0.05) is 6.42 Å². The molecule has 0 aromatic carbocycles. The summed E-state index contributed by atoms with van der Waals surface area (Å²) in [6, 6.07) is 1.82. The van der Waals surface area contributed by atoms with E-state index in [0.29, 0.717) is 0 Å². The molecule has 6 nitrogen and oxygen atoms in total. The third kappa shape index (κ3) is 2.03. The molecule has 0 unspecified atom stereocenters. The van der Waals surface area contributed by atoms with E-state index in [1.807, 2.05) is 6.07 Å². The summed E-state index contributed by atoms with van der Waals surface area (Å²) in [6.07, 6.45) is -3.36. The Kier molecular flexibility index (Phi) is 3.42. The molecule has 0 saturated carbocycles. The zero-order valence-corrected chi connectivity index (χ0v) is 7.50. The summed E-state index contributed by atoms with van der Waals surface area (Å²) in [6.45, 7) is -0.826. The van der Waals surface area contributed by atoms with Gasteiger partial charge in [0.2, 0.25) is 5.79 Å². The van der Waals surface area contributed by atoms with Crippen LogP contribution in [0.5, 0.6) is 0 Å². The molecule has 1 saturated heterocycles. The Hall–Kier alpha value is -0.710. The Morgan fingerprint density at radius 2 is 2.14 bits per heavy atom. The van der Waals surface area contributed by atoms with Crippen LogP contribution in [0.1, 0.15) is 12.8 Å². The maximum absolute atomic E-state index is 9.52. The predicted molar refractivity (Wildman–Crippen MR) is 43.8 cm³/mol. The van der Waals surface area contributed by atoms with Crippen molar-refractivity contribution in [2.75, 3.05) is 6.61 Å². The predicted octanol–water partition coefficient (Wildman–Crippen LogP) is -1.91. The Bertz CT molecular complexity index is 240. The summed E-state index contributed by atoms with van der Waals surface area (Å²) in [4.78, 5) is 0. The topological polar surface area (TPSA) is 114 Å². The van der Waals surface area contributed by atoms with Crippen LogP contribution in [-0.2, 0) is 4.74 Å². The van der Waals surface area contributed by atoms with Crippen LogP contribution < -0.4 is 0 Å². The highest BCUT2D eigenvalue weighted by Gasteiger charge is 2.47. The summed E-state index contributed by atoms with van der Waals surface area (Å²) in [5.41, 5.74) is 0. The van der Waals surface area contributed by atoms with Crippen LogP contribution in [0.2, 0.25) is 0 Å². The van der Waals surface area contributed by atoms with Crippen molar-refractivity contribution in [3.8, 4) is 6.07 Å². The molecule has 1 aliphatic rings. The maximum Gasteiger partial charge on any atom is 0.218 e. The highest BCUT2D eigenvalue weighted by Crippen LogP contribution is 2.28. The average molecular weight is 203 g/mol. The molecule has 1 rings (SSSR count). The van der Waals surface area contributed by atoms with E-state index < -0.39 is 30.7 Å². The average Bonchev–Trinajstić information content (AvgIpc) is 2.15. The molecule has 1 heterocycles. The Morgan fingerprint density at radius 3 is 2.64 bits per heavy atom. The highest BCUT2D eigenvalue weighted by atomic mass is 16.7. The van der Waals surface area contributed by atoms with Gasteiger partial charge in [0.05, 0.1) is 31.3 Å². The van der Waals surface area contributed by atoms with E-state index in [1.54, 1.807) is 0 Å². The van der Waals surface area contributed by atoms with Crippen LogP contribution in [0.25, 0.3) is 0 Å². The van der Waals surface area contributed by atoms with Gasteiger partial charge in [-0.05, 0) is 0 Å². The van der Waals surface area contributed by atoms with Crippen molar-refractivity contribution in [1.82, 2.24) is 0 Å². The first-order valence-corrected chi connectivity index (χ1v) is 4.27. The molecule has 6 heteroatoms. The van der Waals surface area contributed by atoms with Crippen molar-refractivity contribution in [1.29, 1.82) is 5.26 Å².